The number of likely N-dealkylation sites (tertiary alicyclic amines) is 1. The molecule has 0 radical (unpaired) electrons. The summed E-state index contributed by atoms with van der Waals surface area (Å²) in [5, 5.41) is 11.8. The van der Waals surface area contributed by atoms with Gasteiger partial charge in [-0.05, 0) is 41.0 Å². The molecule has 2 aliphatic rings. The lowest BCUT2D eigenvalue weighted by molar-refractivity contribution is -0.143. The van der Waals surface area contributed by atoms with Crippen molar-refractivity contribution in [2.24, 2.45) is 5.92 Å². The van der Waals surface area contributed by atoms with Crippen LogP contribution in [0.2, 0.25) is 0 Å². The number of hydrogen-bond donors (Lipinski definition) is 2. The maximum atomic E-state index is 13.0. The van der Waals surface area contributed by atoms with Crippen molar-refractivity contribution in [1.29, 1.82) is 0 Å². The molecule has 2 aromatic carbocycles. The van der Waals surface area contributed by atoms with E-state index in [0.717, 1.165) is 35.1 Å². The van der Waals surface area contributed by atoms with Gasteiger partial charge < -0.3 is 24.8 Å². The number of carboxylic acids is 1. The Morgan fingerprint density at radius 3 is 2.15 bits per heavy atom. The summed E-state index contributed by atoms with van der Waals surface area (Å²) in [6.45, 7) is 1.75. The van der Waals surface area contributed by atoms with Crippen LogP contribution in [0.15, 0.2) is 48.5 Å². The lowest BCUT2D eigenvalue weighted by atomic mass is 9.97. The summed E-state index contributed by atoms with van der Waals surface area (Å²) in [4.78, 5) is 38.6. The predicted molar refractivity (Wildman–Crippen MR) is 125 cm³/mol. The molecule has 2 amide bonds. The first-order valence-electron chi connectivity index (χ1n) is 11.6. The Hall–Kier alpha value is -3.39. The van der Waals surface area contributed by atoms with Crippen molar-refractivity contribution in [2.45, 2.75) is 31.2 Å². The third-order valence-electron chi connectivity index (χ3n) is 6.64. The Kier molecular flexibility index (Phi) is 7.47. The van der Waals surface area contributed by atoms with Gasteiger partial charge in [0.05, 0.1) is 6.42 Å². The van der Waals surface area contributed by atoms with Gasteiger partial charge in [-0.1, -0.05) is 48.5 Å². The van der Waals surface area contributed by atoms with Gasteiger partial charge in [-0.2, -0.15) is 0 Å². The summed E-state index contributed by atoms with van der Waals surface area (Å²) in [7, 11) is 1.65. The summed E-state index contributed by atoms with van der Waals surface area (Å²) >= 11 is 0. The summed E-state index contributed by atoms with van der Waals surface area (Å²) in [6, 6.07) is 14.8. The number of piperidine rings is 1. The van der Waals surface area contributed by atoms with Gasteiger partial charge in [0, 0.05) is 32.7 Å². The molecule has 0 aromatic heterocycles. The third kappa shape index (κ3) is 5.22. The third-order valence-corrected chi connectivity index (χ3v) is 6.64. The molecule has 2 N–H and O–H groups in total. The summed E-state index contributed by atoms with van der Waals surface area (Å²) < 4.78 is 10.7. The van der Waals surface area contributed by atoms with Crippen molar-refractivity contribution >= 4 is 18.0 Å². The molecule has 34 heavy (non-hydrogen) atoms. The number of ether oxygens (including phenoxy) is 2. The molecular formula is C26H30N2O6. The van der Waals surface area contributed by atoms with E-state index in [0.29, 0.717) is 25.6 Å². The molecule has 8 nitrogen and oxygen atoms in total. The lowest BCUT2D eigenvalue weighted by Crippen LogP contribution is -2.51. The SMILES string of the molecule is COCC1CCN(C(=O)C(CC(=O)O)NC(=O)OCC2c3ccccc3-c3ccccc32)CC1. The van der Waals surface area contributed by atoms with Crippen LogP contribution in [0, 0.1) is 5.92 Å². The molecule has 4 rings (SSSR count). The van der Waals surface area contributed by atoms with Crippen LogP contribution in [0.4, 0.5) is 4.79 Å². The van der Waals surface area contributed by atoms with Crippen molar-refractivity contribution in [3.63, 3.8) is 0 Å². The molecule has 2 aromatic rings. The maximum Gasteiger partial charge on any atom is 0.407 e. The quantitative estimate of drug-likeness (QED) is 0.619. The van der Waals surface area contributed by atoms with E-state index >= 15 is 0 Å². The Balaban J connectivity index is 1.38. The van der Waals surface area contributed by atoms with Crippen molar-refractivity contribution in [1.82, 2.24) is 10.2 Å². The van der Waals surface area contributed by atoms with Crippen LogP contribution < -0.4 is 5.32 Å². The van der Waals surface area contributed by atoms with Gasteiger partial charge >= 0.3 is 12.1 Å². The number of hydrogen-bond acceptors (Lipinski definition) is 5. The molecule has 1 aliphatic carbocycles. The van der Waals surface area contributed by atoms with E-state index in [-0.39, 0.29) is 12.5 Å². The monoisotopic (exact) mass is 466 g/mol. The van der Waals surface area contributed by atoms with Crippen LogP contribution in [0.25, 0.3) is 11.1 Å². The van der Waals surface area contributed by atoms with E-state index in [4.69, 9.17) is 9.47 Å². The first-order chi connectivity index (χ1) is 16.5. The maximum absolute atomic E-state index is 13.0. The van der Waals surface area contributed by atoms with Gasteiger partial charge in [0.2, 0.25) is 5.91 Å². The standard InChI is InChI=1S/C26H30N2O6/c1-33-15-17-10-12-28(13-11-17)25(31)23(14-24(29)30)27-26(32)34-16-22-20-8-4-2-6-18(20)19-7-3-5-9-21(19)22/h2-9,17,22-23H,10-16H2,1H3,(H,27,32)(H,29,30). The summed E-state index contributed by atoms with van der Waals surface area (Å²) in [5.41, 5.74) is 4.38. The number of nitrogens with zero attached hydrogens (tertiary/aromatic N) is 1. The first kappa shape index (κ1) is 23.8. The van der Waals surface area contributed by atoms with Crippen LogP contribution in [-0.2, 0) is 19.1 Å². The number of carboxylic acid groups (broad SMARTS) is 1. The second-order valence-electron chi connectivity index (χ2n) is 8.84. The molecule has 8 heteroatoms. The zero-order valence-electron chi connectivity index (χ0n) is 19.2. The highest BCUT2D eigenvalue weighted by atomic mass is 16.5. The van der Waals surface area contributed by atoms with Gasteiger partial charge in [-0.3, -0.25) is 9.59 Å². The minimum absolute atomic E-state index is 0.0935. The largest absolute Gasteiger partial charge is 0.481 e. The van der Waals surface area contributed by atoms with E-state index in [9.17, 15) is 19.5 Å². The van der Waals surface area contributed by atoms with Gasteiger partial charge in [-0.25, -0.2) is 4.79 Å². The first-order valence-corrected chi connectivity index (χ1v) is 11.6. The highest BCUT2D eigenvalue weighted by Gasteiger charge is 2.33. The highest BCUT2D eigenvalue weighted by Crippen LogP contribution is 2.44. The van der Waals surface area contributed by atoms with E-state index in [1.54, 1.807) is 12.0 Å². The molecule has 180 valence electrons. The van der Waals surface area contributed by atoms with Crippen LogP contribution in [-0.4, -0.2) is 67.4 Å². The number of benzene rings is 2. The van der Waals surface area contributed by atoms with Crippen LogP contribution >= 0.6 is 0 Å². The number of nitrogens with one attached hydrogen (secondary N) is 1. The van der Waals surface area contributed by atoms with Crippen LogP contribution in [0.3, 0.4) is 0 Å². The lowest BCUT2D eigenvalue weighted by Gasteiger charge is -2.33. The van der Waals surface area contributed by atoms with Gasteiger partial charge in [0.25, 0.3) is 0 Å². The van der Waals surface area contributed by atoms with Crippen molar-refractivity contribution < 1.29 is 29.0 Å². The van der Waals surface area contributed by atoms with E-state index in [1.807, 2.05) is 48.5 Å². The van der Waals surface area contributed by atoms with Crippen molar-refractivity contribution in [2.75, 3.05) is 33.4 Å². The molecule has 1 heterocycles. The highest BCUT2D eigenvalue weighted by molar-refractivity contribution is 5.89. The van der Waals surface area contributed by atoms with Gasteiger partial charge in [-0.15, -0.1) is 0 Å². The average molecular weight is 467 g/mol. The Labute approximate surface area is 198 Å². The van der Waals surface area contributed by atoms with Gasteiger partial charge in [0.1, 0.15) is 12.6 Å². The number of alkyl carbamates (subject to hydrolysis) is 1. The number of methoxy groups -OCH3 is 1. The zero-order chi connectivity index (χ0) is 24.1. The minimum Gasteiger partial charge on any atom is -0.481 e. The summed E-state index contributed by atoms with van der Waals surface area (Å²) in [6.07, 6.45) is 0.270. The van der Waals surface area contributed by atoms with Crippen molar-refractivity contribution in [3.05, 3.63) is 59.7 Å². The fourth-order valence-electron chi connectivity index (χ4n) is 4.93. The van der Waals surface area contributed by atoms with E-state index < -0.39 is 30.4 Å². The Bertz CT molecular complexity index is 1000. The topological polar surface area (TPSA) is 105 Å². The second kappa shape index (κ2) is 10.7. The number of rotatable bonds is 8. The molecule has 1 aliphatic heterocycles. The van der Waals surface area contributed by atoms with Crippen LogP contribution in [0.5, 0.6) is 0 Å². The number of amides is 2. The number of fused-ring (bicyclic) bond motifs is 3. The molecule has 1 fully saturated rings. The molecular weight excluding hydrogens is 436 g/mol. The summed E-state index contributed by atoms with van der Waals surface area (Å²) in [5.74, 6) is -1.30. The Morgan fingerprint density at radius 1 is 1.00 bits per heavy atom. The molecule has 0 spiro atoms. The average Bonchev–Trinajstić information content (AvgIpc) is 3.16. The molecule has 1 atom stereocenters. The van der Waals surface area contributed by atoms with E-state index in [1.165, 1.54) is 0 Å². The fraction of sp³-hybridized carbons (Fsp3) is 0.423. The molecule has 0 bridgehead atoms. The fourth-order valence-corrected chi connectivity index (χ4v) is 4.93. The second-order valence-corrected chi connectivity index (χ2v) is 8.84. The zero-order valence-corrected chi connectivity index (χ0v) is 19.2. The minimum atomic E-state index is -1.17. The molecule has 1 unspecified atom stereocenters. The van der Waals surface area contributed by atoms with Crippen molar-refractivity contribution in [3.8, 4) is 11.1 Å². The number of carbonyl (C=O) groups excluding carboxylic acids is 2. The van der Waals surface area contributed by atoms with Gasteiger partial charge in [0.15, 0.2) is 0 Å². The smallest absolute Gasteiger partial charge is 0.407 e. The normalized spacial score (nSPS) is 16.4. The predicted octanol–water partition coefficient (Wildman–Crippen LogP) is 3.25. The molecule has 0 saturated carbocycles. The van der Waals surface area contributed by atoms with E-state index in [2.05, 4.69) is 5.32 Å². The number of carbonyl (C=O) groups is 3. The number of aliphatic carboxylic acids is 1. The molecule has 1 saturated heterocycles. The Morgan fingerprint density at radius 2 is 1.59 bits per heavy atom. The van der Waals surface area contributed by atoms with Crippen LogP contribution in [0.1, 0.15) is 36.3 Å².